The van der Waals surface area contributed by atoms with Gasteiger partial charge >= 0.3 is 0 Å². The molecule has 0 aliphatic carbocycles. The molecule has 0 saturated heterocycles. The van der Waals surface area contributed by atoms with E-state index in [1.165, 1.54) is 0 Å². The molecule has 0 aliphatic rings. The summed E-state index contributed by atoms with van der Waals surface area (Å²) in [5, 5.41) is 3.09. The number of hydrogen-bond acceptors (Lipinski definition) is 4. The summed E-state index contributed by atoms with van der Waals surface area (Å²) >= 11 is 0. The van der Waals surface area contributed by atoms with E-state index in [1.54, 1.807) is 18.3 Å². The van der Waals surface area contributed by atoms with E-state index >= 15 is 0 Å². The fraction of sp³-hybridized carbons (Fsp3) is 0.400. The molecule has 1 heterocycles. The minimum Gasteiger partial charge on any atom is -0.365 e. The van der Waals surface area contributed by atoms with Crippen molar-refractivity contribution in [1.82, 2.24) is 4.98 Å². The lowest BCUT2D eigenvalue weighted by molar-refractivity contribution is 0.100. The SMILES string of the molecule is CCC(CN)Nc1ncccc1C(N)=O. The van der Waals surface area contributed by atoms with Crippen LogP contribution in [0.2, 0.25) is 0 Å². The summed E-state index contributed by atoms with van der Waals surface area (Å²) < 4.78 is 0. The second-order valence-corrected chi connectivity index (χ2v) is 3.25. The number of carbonyl (C=O) groups is 1. The zero-order valence-corrected chi connectivity index (χ0v) is 8.73. The Labute approximate surface area is 88.9 Å². The van der Waals surface area contributed by atoms with E-state index in [9.17, 15) is 4.79 Å². The van der Waals surface area contributed by atoms with E-state index in [2.05, 4.69) is 10.3 Å². The van der Waals surface area contributed by atoms with Gasteiger partial charge in [-0.05, 0) is 18.6 Å². The van der Waals surface area contributed by atoms with Gasteiger partial charge in [-0.3, -0.25) is 4.79 Å². The smallest absolute Gasteiger partial charge is 0.252 e. The molecule has 1 amide bonds. The van der Waals surface area contributed by atoms with Gasteiger partial charge in [0.05, 0.1) is 5.56 Å². The zero-order chi connectivity index (χ0) is 11.3. The summed E-state index contributed by atoms with van der Waals surface area (Å²) in [7, 11) is 0. The largest absolute Gasteiger partial charge is 0.365 e. The Bertz CT molecular complexity index is 336. The summed E-state index contributed by atoms with van der Waals surface area (Å²) in [5.41, 5.74) is 11.2. The topological polar surface area (TPSA) is 94.0 Å². The fourth-order valence-corrected chi connectivity index (χ4v) is 1.24. The minimum atomic E-state index is -0.488. The molecule has 0 radical (unpaired) electrons. The van der Waals surface area contributed by atoms with Crippen LogP contribution in [0.5, 0.6) is 0 Å². The van der Waals surface area contributed by atoms with Gasteiger partial charge in [0, 0.05) is 18.8 Å². The van der Waals surface area contributed by atoms with E-state index in [-0.39, 0.29) is 6.04 Å². The van der Waals surface area contributed by atoms with E-state index in [0.717, 1.165) is 6.42 Å². The van der Waals surface area contributed by atoms with E-state index < -0.39 is 5.91 Å². The number of nitrogens with zero attached hydrogens (tertiary/aromatic N) is 1. The van der Waals surface area contributed by atoms with Crippen LogP contribution in [0.4, 0.5) is 5.82 Å². The first-order valence-corrected chi connectivity index (χ1v) is 4.90. The number of primary amides is 1. The van der Waals surface area contributed by atoms with Crippen molar-refractivity contribution in [3.8, 4) is 0 Å². The number of nitrogens with two attached hydrogens (primary N) is 2. The van der Waals surface area contributed by atoms with Crippen LogP contribution in [0.25, 0.3) is 0 Å². The maximum Gasteiger partial charge on any atom is 0.252 e. The van der Waals surface area contributed by atoms with E-state index in [0.29, 0.717) is 17.9 Å². The normalized spacial score (nSPS) is 12.1. The molecule has 1 rings (SSSR count). The van der Waals surface area contributed by atoms with Crippen LogP contribution < -0.4 is 16.8 Å². The lowest BCUT2D eigenvalue weighted by Gasteiger charge is -2.16. The molecule has 5 heteroatoms. The Morgan fingerprint density at radius 2 is 2.40 bits per heavy atom. The Morgan fingerprint density at radius 3 is 2.93 bits per heavy atom. The van der Waals surface area contributed by atoms with Crippen molar-refractivity contribution in [2.75, 3.05) is 11.9 Å². The monoisotopic (exact) mass is 208 g/mol. The Balaban J connectivity index is 2.88. The van der Waals surface area contributed by atoms with Crippen molar-refractivity contribution >= 4 is 11.7 Å². The van der Waals surface area contributed by atoms with Gasteiger partial charge in [0.1, 0.15) is 5.82 Å². The molecule has 1 aromatic heterocycles. The molecule has 1 aromatic rings. The van der Waals surface area contributed by atoms with Crippen molar-refractivity contribution in [3.05, 3.63) is 23.9 Å². The van der Waals surface area contributed by atoms with Crippen LogP contribution in [0, 0.1) is 0 Å². The van der Waals surface area contributed by atoms with E-state index in [4.69, 9.17) is 11.5 Å². The number of aromatic nitrogens is 1. The van der Waals surface area contributed by atoms with Crippen molar-refractivity contribution in [2.24, 2.45) is 11.5 Å². The quantitative estimate of drug-likeness (QED) is 0.650. The molecule has 0 bridgehead atoms. The van der Waals surface area contributed by atoms with Crippen LogP contribution in [0.1, 0.15) is 23.7 Å². The van der Waals surface area contributed by atoms with Crippen LogP contribution in [0.15, 0.2) is 18.3 Å². The summed E-state index contributed by atoms with van der Waals surface area (Å²) in [4.78, 5) is 15.2. The number of rotatable bonds is 5. The maximum absolute atomic E-state index is 11.1. The molecule has 0 aliphatic heterocycles. The molecular weight excluding hydrogens is 192 g/mol. The highest BCUT2D eigenvalue weighted by atomic mass is 16.1. The van der Waals surface area contributed by atoms with Crippen LogP contribution in [-0.4, -0.2) is 23.5 Å². The Kier molecular flexibility index (Phi) is 4.05. The first kappa shape index (κ1) is 11.5. The number of pyridine rings is 1. The molecule has 0 saturated carbocycles. The zero-order valence-electron chi connectivity index (χ0n) is 8.73. The van der Waals surface area contributed by atoms with E-state index in [1.807, 2.05) is 6.92 Å². The molecule has 0 fully saturated rings. The predicted molar refractivity (Wildman–Crippen MR) is 59.5 cm³/mol. The predicted octanol–water partition coefficient (Wildman–Crippen LogP) is 0.330. The molecule has 1 atom stereocenters. The van der Waals surface area contributed by atoms with Gasteiger partial charge < -0.3 is 16.8 Å². The van der Waals surface area contributed by atoms with Crippen LogP contribution >= 0.6 is 0 Å². The van der Waals surface area contributed by atoms with Crippen molar-refractivity contribution in [2.45, 2.75) is 19.4 Å². The highest BCUT2D eigenvalue weighted by Crippen LogP contribution is 2.12. The van der Waals surface area contributed by atoms with Crippen molar-refractivity contribution < 1.29 is 4.79 Å². The standard InChI is InChI=1S/C10H16N4O/c1-2-7(6-11)14-10-8(9(12)15)4-3-5-13-10/h3-5,7H,2,6,11H2,1H3,(H2,12,15)(H,13,14). The van der Waals surface area contributed by atoms with Crippen molar-refractivity contribution in [1.29, 1.82) is 0 Å². The molecule has 5 nitrogen and oxygen atoms in total. The number of nitrogens with one attached hydrogen (secondary N) is 1. The van der Waals surface area contributed by atoms with Gasteiger partial charge in [0.25, 0.3) is 5.91 Å². The Morgan fingerprint density at radius 1 is 1.67 bits per heavy atom. The van der Waals surface area contributed by atoms with Gasteiger partial charge in [-0.2, -0.15) is 0 Å². The van der Waals surface area contributed by atoms with Crippen molar-refractivity contribution in [3.63, 3.8) is 0 Å². The van der Waals surface area contributed by atoms with Crippen LogP contribution in [-0.2, 0) is 0 Å². The van der Waals surface area contributed by atoms with Gasteiger partial charge in [0.2, 0.25) is 0 Å². The highest BCUT2D eigenvalue weighted by Gasteiger charge is 2.11. The summed E-state index contributed by atoms with van der Waals surface area (Å²) in [6, 6.07) is 3.42. The highest BCUT2D eigenvalue weighted by molar-refractivity contribution is 5.97. The fourth-order valence-electron chi connectivity index (χ4n) is 1.24. The molecule has 0 aromatic carbocycles. The molecular formula is C10H16N4O. The molecule has 1 unspecified atom stereocenters. The van der Waals surface area contributed by atoms with Gasteiger partial charge in [0.15, 0.2) is 0 Å². The summed E-state index contributed by atoms with van der Waals surface area (Å²) in [6.07, 6.45) is 2.48. The third-order valence-corrected chi connectivity index (χ3v) is 2.19. The lowest BCUT2D eigenvalue weighted by atomic mass is 10.2. The first-order valence-electron chi connectivity index (χ1n) is 4.90. The number of anilines is 1. The first-order chi connectivity index (χ1) is 7.19. The second-order valence-electron chi connectivity index (χ2n) is 3.25. The molecule has 82 valence electrons. The number of carbonyl (C=O) groups excluding carboxylic acids is 1. The average molecular weight is 208 g/mol. The van der Waals surface area contributed by atoms with Crippen LogP contribution in [0.3, 0.4) is 0 Å². The van der Waals surface area contributed by atoms with Gasteiger partial charge in [-0.25, -0.2) is 4.98 Å². The number of hydrogen-bond donors (Lipinski definition) is 3. The second kappa shape index (κ2) is 5.31. The third-order valence-electron chi connectivity index (χ3n) is 2.19. The Hall–Kier alpha value is -1.62. The number of amides is 1. The van der Waals surface area contributed by atoms with Gasteiger partial charge in [-0.1, -0.05) is 6.92 Å². The van der Waals surface area contributed by atoms with Gasteiger partial charge in [-0.15, -0.1) is 0 Å². The lowest BCUT2D eigenvalue weighted by Crippen LogP contribution is -2.29. The summed E-state index contributed by atoms with van der Waals surface area (Å²) in [5.74, 6) is 0.0137. The summed E-state index contributed by atoms with van der Waals surface area (Å²) in [6.45, 7) is 2.50. The molecule has 0 spiro atoms. The molecule has 5 N–H and O–H groups in total. The average Bonchev–Trinajstić information content (AvgIpc) is 2.26. The third kappa shape index (κ3) is 2.92. The minimum absolute atomic E-state index is 0.109. The molecule has 15 heavy (non-hydrogen) atoms. The maximum atomic E-state index is 11.1.